The highest BCUT2D eigenvalue weighted by Gasteiger charge is 2.51. The molecule has 2 aromatic carbocycles. The maximum atomic E-state index is 13.7. The molecule has 10 nitrogen and oxygen atoms in total. The van der Waals surface area contributed by atoms with E-state index >= 15 is 0 Å². The second-order valence-electron chi connectivity index (χ2n) is 9.17. The predicted octanol–water partition coefficient (Wildman–Crippen LogP) is 2.91. The number of amides is 2. The molecule has 39 heavy (non-hydrogen) atoms. The molecule has 2 amide bonds. The van der Waals surface area contributed by atoms with Crippen molar-refractivity contribution < 1.29 is 23.8 Å². The number of primary amides is 1. The van der Waals surface area contributed by atoms with Gasteiger partial charge < -0.3 is 25.3 Å². The number of nitrogens with zero attached hydrogens (tertiary/aromatic N) is 3. The average Bonchev–Trinajstić information content (AvgIpc) is 3.74. The first-order valence-corrected chi connectivity index (χ1v) is 12.5. The molecule has 3 N–H and O–H groups in total. The highest BCUT2D eigenvalue weighted by molar-refractivity contribution is 5.98. The van der Waals surface area contributed by atoms with Crippen LogP contribution in [0.1, 0.15) is 21.5 Å². The molecule has 1 unspecified atom stereocenters. The quantitative estimate of drug-likeness (QED) is 0.363. The molecule has 0 fully saturated rings. The van der Waals surface area contributed by atoms with Crippen molar-refractivity contribution in [3.05, 3.63) is 108 Å². The lowest BCUT2D eigenvalue weighted by Crippen LogP contribution is -2.61. The number of hydrogen-bond acceptors (Lipinski definition) is 7. The summed E-state index contributed by atoms with van der Waals surface area (Å²) in [5.41, 5.74) is 9.50. The van der Waals surface area contributed by atoms with Gasteiger partial charge in [-0.25, -0.2) is 9.67 Å². The minimum Gasteiger partial charge on any atom is -0.492 e. The molecule has 10 heteroatoms. The van der Waals surface area contributed by atoms with E-state index in [2.05, 4.69) is 10.3 Å². The van der Waals surface area contributed by atoms with Crippen LogP contribution in [0.5, 0.6) is 5.75 Å². The van der Waals surface area contributed by atoms with Crippen LogP contribution in [0.15, 0.2) is 91.6 Å². The molecule has 0 bridgehead atoms. The summed E-state index contributed by atoms with van der Waals surface area (Å²) in [6.07, 6.45) is 6.87. The van der Waals surface area contributed by atoms with Crippen LogP contribution in [0.3, 0.4) is 0 Å². The molecule has 2 aliphatic rings. The first-order valence-electron chi connectivity index (χ1n) is 12.5. The zero-order valence-electron chi connectivity index (χ0n) is 20.8. The van der Waals surface area contributed by atoms with Gasteiger partial charge in [0.05, 0.1) is 17.9 Å². The lowest BCUT2D eigenvalue weighted by molar-refractivity contribution is -0.182. The van der Waals surface area contributed by atoms with Crippen LogP contribution in [0.2, 0.25) is 0 Å². The average molecular weight is 524 g/mol. The van der Waals surface area contributed by atoms with E-state index in [4.69, 9.17) is 25.0 Å². The molecule has 6 rings (SSSR count). The van der Waals surface area contributed by atoms with Crippen molar-refractivity contribution in [2.45, 2.75) is 24.7 Å². The number of rotatable bonds is 8. The topological polar surface area (TPSA) is 131 Å². The molecule has 0 aliphatic carbocycles. The van der Waals surface area contributed by atoms with Crippen LogP contribution in [0.25, 0.3) is 17.1 Å². The third-order valence-electron chi connectivity index (χ3n) is 6.76. The third-order valence-corrected chi connectivity index (χ3v) is 6.76. The Kier molecular flexibility index (Phi) is 6.20. The number of para-hydroxylation sites is 1. The van der Waals surface area contributed by atoms with Gasteiger partial charge in [0.1, 0.15) is 24.3 Å². The van der Waals surface area contributed by atoms with Gasteiger partial charge in [-0.05, 0) is 35.4 Å². The Morgan fingerprint density at radius 2 is 1.85 bits per heavy atom. The zero-order chi connectivity index (χ0) is 26.8. The zero-order valence-corrected chi connectivity index (χ0v) is 20.8. The van der Waals surface area contributed by atoms with E-state index in [-0.39, 0.29) is 12.0 Å². The first kappa shape index (κ1) is 24.2. The van der Waals surface area contributed by atoms with E-state index in [1.54, 1.807) is 29.2 Å². The van der Waals surface area contributed by atoms with Gasteiger partial charge in [0.2, 0.25) is 0 Å². The fourth-order valence-electron chi connectivity index (χ4n) is 4.86. The van der Waals surface area contributed by atoms with Crippen LogP contribution in [-0.2, 0) is 27.1 Å². The fourth-order valence-corrected chi connectivity index (χ4v) is 4.86. The largest absolute Gasteiger partial charge is 0.492 e. The van der Waals surface area contributed by atoms with Gasteiger partial charge in [-0.15, -0.1) is 0 Å². The number of ether oxygens (including phenoxy) is 3. The van der Waals surface area contributed by atoms with E-state index in [1.807, 2.05) is 54.6 Å². The number of carbonyl (C=O) groups is 2. The molecule has 4 aromatic rings. The van der Waals surface area contributed by atoms with Gasteiger partial charge in [0.25, 0.3) is 5.91 Å². The normalized spacial score (nSPS) is 15.5. The number of nitrogens with two attached hydrogens (primary N) is 1. The van der Waals surface area contributed by atoms with Crippen LogP contribution in [0, 0.1) is 0 Å². The SMILES string of the molecule is NC(=O)C1(C(Cc2ccccc2)NC(=O)c2cccnc2-n2ccc(-c3cccc4c3OCC4)n2)OC=CO1. The molecular formula is C29H25N5O5. The summed E-state index contributed by atoms with van der Waals surface area (Å²) >= 11 is 0. The van der Waals surface area contributed by atoms with E-state index < -0.39 is 23.6 Å². The van der Waals surface area contributed by atoms with Crippen LogP contribution in [0.4, 0.5) is 0 Å². The van der Waals surface area contributed by atoms with Crippen molar-refractivity contribution in [1.82, 2.24) is 20.1 Å². The van der Waals surface area contributed by atoms with Crippen molar-refractivity contribution in [3.8, 4) is 22.8 Å². The predicted molar refractivity (Wildman–Crippen MR) is 141 cm³/mol. The molecule has 2 aliphatic heterocycles. The molecule has 196 valence electrons. The first-order chi connectivity index (χ1) is 19.0. The summed E-state index contributed by atoms with van der Waals surface area (Å²) in [7, 11) is 0. The maximum absolute atomic E-state index is 13.7. The monoisotopic (exact) mass is 523 g/mol. The summed E-state index contributed by atoms with van der Waals surface area (Å²) in [5.74, 6) is -2.13. The number of fused-ring (bicyclic) bond motifs is 1. The van der Waals surface area contributed by atoms with Gasteiger partial charge in [0.15, 0.2) is 5.82 Å². The number of pyridine rings is 1. The number of aromatic nitrogens is 3. The standard InChI is InChI=1S/C29H25N5O5/c30-28(36)29(38-16-17-39-29)24(18-19-6-2-1-3-7-19)32-27(35)22-10-5-13-31-26(22)34-14-11-23(33-34)21-9-4-8-20-12-15-37-25(20)21/h1-11,13-14,16-17,24H,12,15,18H2,(H2,30,36)(H,32,35). The van der Waals surface area contributed by atoms with Gasteiger partial charge in [0, 0.05) is 30.8 Å². The molecule has 0 spiro atoms. The van der Waals surface area contributed by atoms with Gasteiger partial charge >= 0.3 is 11.7 Å². The minimum atomic E-state index is -1.90. The summed E-state index contributed by atoms with van der Waals surface area (Å²) in [6, 6.07) is 19.5. The van der Waals surface area contributed by atoms with Crippen LogP contribution in [-0.4, -0.2) is 45.0 Å². The lowest BCUT2D eigenvalue weighted by atomic mass is 9.97. The summed E-state index contributed by atoms with van der Waals surface area (Å²) in [6.45, 7) is 0.636. The molecular weight excluding hydrogens is 498 g/mol. The number of nitrogens with one attached hydrogen (secondary N) is 1. The fraction of sp³-hybridized carbons (Fsp3) is 0.172. The van der Waals surface area contributed by atoms with Gasteiger partial charge in [-0.2, -0.15) is 5.10 Å². The number of benzene rings is 2. The second kappa shape index (κ2) is 9.97. The molecule has 0 saturated carbocycles. The van der Waals surface area contributed by atoms with Crippen LogP contribution < -0.4 is 15.8 Å². The second-order valence-corrected chi connectivity index (χ2v) is 9.17. The van der Waals surface area contributed by atoms with E-state index in [1.165, 1.54) is 12.5 Å². The van der Waals surface area contributed by atoms with Crippen LogP contribution >= 0.6 is 0 Å². The molecule has 2 aromatic heterocycles. The molecule has 0 saturated heterocycles. The Bertz CT molecular complexity index is 1560. The Hall–Kier alpha value is -5.12. The van der Waals surface area contributed by atoms with Crippen molar-refractivity contribution in [2.24, 2.45) is 5.73 Å². The Balaban J connectivity index is 1.32. The van der Waals surface area contributed by atoms with Crippen molar-refractivity contribution >= 4 is 11.8 Å². The van der Waals surface area contributed by atoms with Gasteiger partial charge in [-0.1, -0.05) is 42.5 Å². The Labute approximate surface area is 224 Å². The lowest BCUT2D eigenvalue weighted by Gasteiger charge is -2.33. The van der Waals surface area contributed by atoms with Gasteiger partial charge in [-0.3, -0.25) is 9.59 Å². The van der Waals surface area contributed by atoms with Crippen molar-refractivity contribution in [3.63, 3.8) is 0 Å². The van der Waals surface area contributed by atoms with E-state index in [0.717, 1.165) is 28.9 Å². The van der Waals surface area contributed by atoms with E-state index in [9.17, 15) is 9.59 Å². The third kappa shape index (κ3) is 4.46. The molecule has 0 radical (unpaired) electrons. The highest BCUT2D eigenvalue weighted by Crippen LogP contribution is 2.36. The summed E-state index contributed by atoms with van der Waals surface area (Å²) in [5, 5.41) is 7.60. The molecule has 4 heterocycles. The number of hydrogen-bond donors (Lipinski definition) is 2. The van der Waals surface area contributed by atoms with E-state index in [0.29, 0.717) is 18.1 Å². The molecule has 1 atom stereocenters. The highest BCUT2D eigenvalue weighted by atomic mass is 16.7. The van der Waals surface area contributed by atoms with Crippen molar-refractivity contribution in [1.29, 1.82) is 0 Å². The summed E-state index contributed by atoms with van der Waals surface area (Å²) < 4.78 is 18.5. The number of carbonyl (C=O) groups excluding carboxylic acids is 2. The Morgan fingerprint density at radius 3 is 2.64 bits per heavy atom. The van der Waals surface area contributed by atoms with Crippen molar-refractivity contribution in [2.75, 3.05) is 6.61 Å². The minimum absolute atomic E-state index is 0.220. The smallest absolute Gasteiger partial charge is 0.352 e. The summed E-state index contributed by atoms with van der Waals surface area (Å²) in [4.78, 5) is 30.7. The maximum Gasteiger partial charge on any atom is 0.352 e. The Morgan fingerprint density at radius 1 is 1.03 bits per heavy atom.